The van der Waals surface area contributed by atoms with E-state index >= 15 is 0 Å². The quantitative estimate of drug-likeness (QED) is 0.754. The summed E-state index contributed by atoms with van der Waals surface area (Å²) in [6, 6.07) is 5.95. The Labute approximate surface area is 137 Å². The van der Waals surface area contributed by atoms with E-state index in [0.29, 0.717) is 24.3 Å². The van der Waals surface area contributed by atoms with Crippen LogP contribution < -0.4 is 9.86 Å². The first-order valence-corrected chi connectivity index (χ1v) is 9.76. The highest BCUT2D eigenvalue weighted by Gasteiger charge is 2.40. The van der Waals surface area contributed by atoms with Gasteiger partial charge in [-0.15, -0.1) is 0 Å². The number of rotatable bonds is 4. The van der Waals surface area contributed by atoms with Crippen LogP contribution in [-0.4, -0.2) is 43.6 Å². The van der Waals surface area contributed by atoms with Gasteiger partial charge in [0.05, 0.1) is 0 Å². The van der Waals surface area contributed by atoms with E-state index in [9.17, 15) is 13.5 Å². The Morgan fingerprint density at radius 1 is 1.39 bits per heavy atom. The van der Waals surface area contributed by atoms with Crippen molar-refractivity contribution >= 4 is 10.2 Å². The second kappa shape index (κ2) is 6.39. The van der Waals surface area contributed by atoms with Crippen LogP contribution >= 0.6 is 0 Å². The molecule has 0 saturated carbocycles. The lowest BCUT2D eigenvalue weighted by Gasteiger charge is -2.47. The second-order valence-corrected chi connectivity index (χ2v) is 8.07. The summed E-state index contributed by atoms with van der Waals surface area (Å²) in [6.45, 7) is 3.77. The van der Waals surface area contributed by atoms with E-state index in [0.717, 1.165) is 37.8 Å². The van der Waals surface area contributed by atoms with E-state index in [1.54, 1.807) is 6.07 Å². The predicted octanol–water partition coefficient (Wildman–Crippen LogP) is 0.753. The van der Waals surface area contributed by atoms with Gasteiger partial charge in [0.25, 0.3) is 10.2 Å². The minimum atomic E-state index is -3.69. The summed E-state index contributed by atoms with van der Waals surface area (Å²) in [4.78, 5) is 2.38. The van der Waals surface area contributed by atoms with E-state index in [4.69, 9.17) is 5.14 Å². The first-order valence-electron chi connectivity index (χ1n) is 8.21. The molecule has 1 aliphatic heterocycles. The van der Waals surface area contributed by atoms with Crippen molar-refractivity contribution in [2.75, 3.05) is 13.1 Å². The van der Waals surface area contributed by atoms with Gasteiger partial charge in [-0.3, -0.25) is 4.90 Å². The fourth-order valence-corrected chi connectivity index (χ4v) is 4.86. The van der Waals surface area contributed by atoms with Gasteiger partial charge in [-0.1, -0.05) is 19.1 Å². The molecule has 0 spiro atoms. The average molecular weight is 339 g/mol. The molecule has 0 unspecified atom stereocenters. The number of likely N-dealkylation sites (tertiary alicyclic amines) is 1. The van der Waals surface area contributed by atoms with Gasteiger partial charge in [-0.25, -0.2) is 5.14 Å². The molecule has 1 saturated heterocycles. The normalized spacial score (nSPS) is 28.2. The monoisotopic (exact) mass is 339 g/mol. The van der Waals surface area contributed by atoms with Crippen LogP contribution in [-0.2, 0) is 23.1 Å². The van der Waals surface area contributed by atoms with Crippen molar-refractivity contribution in [2.24, 2.45) is 11.1 Å². The number of phenolic OH excluding ortho intramolecular Hbond substituents is 1. The Hall–Kier alpha value is -1.15. The topological polar surface area (TPSA) is 95.7 Å². The van der Waals surface area contributed by atoms with Gasteiger partial charge >= 0.3 is 0 Å². The Kier molecular flexibility index (Phi) is 4.64. The first-order chi connectivity index (χ1) is 10.9. The van der Waals surface area contributed by atoms with E-state index < -0.39 is 10.2 Å². The maximum atomic E-state index is 11.4. The van der Waals surface area contributed by atoms with Crippen molar-refractivity contribution in [3.8, 4) is 5.75 Å². The Bertz CT molecular complexity index is 677. The molecule has 3 atom stereocenters. The molecule has 1 aromatic carbocycles. The summed E-state index contributed by atoms with van der Waals surface area (Å²) in [6.07, 6.45) is 3.49. The summed E-state index contributed by atoms with van der Waals surface area (Å²) >= 11 is 0. The minimum Gasteiger partial charge on any atom is -0.508 e. The molecule has 0 bridgehead atoms. The molecule has 0 aromatic heterocycles. The van der Waals surface area contributed by atoms with Crippen LogP contribution in [0.2, 0.25) is 0 Å². The number of nitrogens with two attached hydrogens (primary N) is 1. The number of phenols is 1. The molecule has 2 aliphatic rings. The van der Waals surface area contributed by atoms with Gasteiger partial charge in [0.2, 0.25) is 0 Å². The predicted molar refractivity (Wildman–Crippen MR) is 89.3 cm³/mol. The zero-order valence-corrected chi connectivity index (χ0v) is 14.2. The van der Waals surface area contributed by atoms with Crippen molar-refractivity contribution < 1.29 is 13.5 Å². The maximum Gasteiger partial charge on any atom is 0.274 e. The van der Waals surface area contributed by atoms with Crippen molar-refractivity contribution in [3.05, 3.63) is 29.3 Å². The molecule has 0 amide bonds. The molecule has 6 nitrogen and oxygen atoms in total. The zero-order valence-electron chi connectivity index (χ0n) is 13.4. The highest BCUT2D eigenvalue weighted by molar-refractivity contribution is 7.87. The standard InChI is InChI=1S/C16H25N3O3S/c1-2-6-19-10-13(18-23(17,21)22)7-12-8-14-11(9-15(12)19)4-3-5-16(14)20/h3-5,12-13,15,18,20H,2,6-10H2,1H3,(H2,17,21,22)/t12-,13+,15-/m0/s1. The molecule has 1 fully saturated rings. The molecular weight excluding hydrogens is 314 g/mol. The van der Waals surface area contributed by atoms with Crippen molar-refractivity contribution in [1.29, 1.82) is 0 Å². The Morgan fingerprint density at radius 3 is 2.87 bits per heavy atom. The van der Waals surface area contributed by atoms with Crippen LogP contribution in [0.5, 0.6) is 5.75 Å². The highest BCUT2D eigenvalue weighted by atomic mass is 32.2. The third kappa shape index (κ3) is 3.68. The van der Waals surface area contributed by atoms with Crippen LogP contribution in [0.3, 0.4) is 0 Å². The zero-order chi connectivity index (χ0) is 16.6. The van der Waals surface area contributed by atoms with Crippen LogP contribution in [0.4, 0.5) is 0 Å². The van der Waals surface area contributed by atoms with E-state index in [-0.39, 0.29) is 6.04 Å². The number of nitrogens with one attached hydrogen (secondary N) is 1. The molecule has 23 heavy (non-hydrogen) atoms. The molecule has 128 valence electrons. The lowest BCUT2D eigenvalue weighted by atomic mass is 9.74. The van der Waals surface area contributed by atoms with Crippen LogP contribution in [0.15, 0.2) is 18.2 Å². The number of hydrogen-bond donors (Lipinski definition) is 3. The van der Waals surface area contributed by atoms with Gasteiger partial charge in [0.1, 0.15) is 5.75 Å². The summed E-state index contributed by atoms with van der Waals surface area (Å²) < 4.78 is 25.3. The van der Waals surface area contributed by atoms with Gasteiger partial charge in [0.15, 0.2) is 0 Å². The van der Waals surface area contributed by atoms with Crippen LogP contribution in [0, 0.1) is 5.92 Å². The second-order valence-electron chi connectivity index (χ2n) is 6.74. The molecule has 0 radical (unpaired) electrons. The summed E-state index contributed by atoms with van der Waals surface area (Å²) in [5, 5.41) is 15.3. The number of piperidine rings is 1. The SMILES string of the molecule is CCCN1C[C@H](NS(N)(=O)=O)C[C@H]2Cc3c(O)cccc3C[C@@H]21. The van der Waals surface area contributed by atoms with Gasteiger partial charge < -0.3 is 5.11 Å². The number of fused-ring (bicyclic) bond motifs is 2. The lowest BCUT2D eigenvalue weighted by molar-refractivity contribution is 0.0683. The van der Waals surface area contributed by atoms with Crippen molar-refractivity contribution in [3.63, 3.8) is 0 Å². The Morgan fingerprint density at radius 2 is 2.17 bits per heavy atom. The fourth-order valence-electron chi connectivity index (χ4n) is 4.23. The molecule has 1 aromatic rings. The molecule has 1 heterocycles. The summed E-state index contributed by atoms with van der Waals surface area (Å²) in [5.74, 6) is 0.680. The number of benzene rings is 1. The maximum absolute atomic E-state index is 11.4. The molecule has 7 heteroatoms. The Balaban J connectivity index is 1.86. The first kappa shape index (κ1) is 16.7. The van der Waals surface area contributed by atoms with Crippen LogP contribution in [0.1, 0.15) is 30.9 Å². The van der Waals surface area contributed by atoms with Crippen molar-refractivity contribution in [2.45, 2.75) is 44.7 Å². The molecule has 1 aliphatic carbocycles. The number of nitrogens with zero attached hydrogens (tertiary/aromatic N) is 1. The molecular formula is C16H25N3O3S. The third-order valence-corrected chi connectivity index (χ3v) is 5.70. The van der Waals surface area contributed by atoms with Crippen LogP contribution in [0.25, 0.3) is 0 Å². The molecule has 3 rings (SSSR count). The van der Waals surface area contributed by atoms with Crippen molar-refractivity contribution in [1.82, 2.24) is 9.62 Å². The summed E-state index contributed by atoms with van der Waals surface area (Å²) in [5.41, 5.74) is 2.23. The van der Waals surface area contributed by atoms with Gasteiger partial charge in [-0.05, 0) is 55.3 Å². The molecule has 4 N–H and O–H groups in total. The lowest BCUT2D eigenvalue weighted by Crippen LogP contribution is -2.58. The smallest absolute Gasteiger partial charge is 0.274 e. The number of hydrogen-bond acceptors (Lipinski definition) is 4. The highest BCUT2D eigenvalue weighted by Crippen LogP contribution is 2.38. The number of aromatic hydroxyl groups is 1. The van der Waals surface area contributed by atoms with E-state index in [1.165, 1.54) is 5.56 Å². The van der Waals surface area contributed by atoms with Gasteiger partial charge in [0, 0.05) is 18.6 Å². The summed E-state index contributed by atoms with van der Waals surface area (Å²) in [7, 11) is -3.69. The average Bonchev–Trinajstić information content (AvgIpc) is 2.45. The van der Waals surface area contributed by atoms with Gasteiger partial charge in [-0.2, -0.15) is 13.1 Å². The largest absolute Gasteiger partial charge is 0.508 e. The minimum absolute atomic E-state index is 0.162. The fraction of sp³-hybridized carbons (Fsp3) is 0.625. The van der Waals surface area contributed by atoms with E-state index in [1.807, 2.05) is 6.07 Å². The van der Waals surface area contributed by atoms with E-state index in [2.05, 4.69) is 22.6 Å². The third-order valence-electron chi connectivity index (χ3n) is 5.04.